The number of para-hydroxylation sites is 1. The van der Waals surface area contributed by atoms with Gasteiger partial charge < -0.3 is 11.5 Å². The van der Waals surface area contributed by atoms with Crippen LogP contribution in [0.3, 0.4) is 0 Å². The van der Waals surface area contributed by atoms with Gasteiger partial charge in [0.2, 0.25) is 0 Å². The first-order valence-corrected chi connectivity index (χ1v) is 4.33. The summed E-state index contributed by atoms with van der Waals surface area (Å²) in [7, 11) is 0. The maximum absolute atomic E-state index is 11.5. The van der Waals surface area contributed by atoms with E-state index in [9.17, 15) is 4.79 Å². The SMILES string of the molecule is NCCCC(=O)c1ccccc1N. The molecule has 0 radical (unpaired) electrons. The standard InChI is InChI=1S/C10H14N2O/c11-7-3-6-10(13)8-4-1-2-5-9(8)12/h1-2,4-5H,3,6-7,11-12H2. The van der Waals surface area contributed by atoms with Gasteiger partial charge in [-0.05, 0) is 25.1 Å². The molecule has 3 heteroatoms. The van der Waals surface area contributed by atoms with Crippen molar-refractivity contribution in [3.63, 3.8) is 0 Å². The van der Waals surface area contributed by atoms with Crippen molar-refractivity contribution >= 4 is 11.5 Å². The van der Waals surface area contributed by atoms with Gasteiger partial charge in [0, 0.05) is 17.7 Å². The molecule has 3 nitrogen and oxygen atoms in total. The Labute approximate surface area is 77.7 Å². The van der Waals surface area contributed by atoms with Gasteiger partial charge in [0.05, 0.1) is 0 Å². The van der Waals surface area contributed by atoms with Crippen LogP contribution in [-0.2, 0) is 0 Å². The molecule has 0 heterocycles. The molecule has 1 aromatic carbocycles. The average molecular weight is 178 g/mol. The number of nitrogens with two attached hydrogens (primary N) is 2. The van der Waals surface area contributed by atoms with Crippen LogP contribution in [0.15, 0.2) is 24.3 Å². The fourth-order valence-electron chi connectivity index (χ4n) is 1.15. The van der Waals surface area contributed by atoms with Crippen LogP contribution in [0.1, 0.15) is 23.2 Å². The highest BCUT2D eigenvalue weighted by Gasteiger charge is 2.07. The van der Waals surface area contributed by atoms with Crippen LogP contribution in [0, 0.1) is 0 Å². The summed E-state index contributed by atoms with van der Waals surface area (Å²) in [4.78, 5) is 11.5. The second kappa shape index (κ2) is 4.62. The number of hydrogen-bond acceptors (Lipinski definition) is 3. The van der Waals surface area contributed by atoms with E-state index in [0.717, 1.165) is 0 Å². The number of rotatable bonds is 4. The molecule has 0 aromatic heterocycles. The molecule has 0 saturated heterocycles. The van der Waals surface area contributed by atoms with Gasteiger partial charge in [-0.15, -0.1) is 0 Å². The van der Waals surface area contributed by atoms with Crippen molar-refractivity contribution in [1.82, 2.24) is 0 Å². The molecule has 0 spiro atoms. The second-order valence-corrected chi connectivity index (χ2v) is 2.90. The van der Waals surface area contributed by atoms with E-state index in [1.165, 1.54) is 0 Å². The van der Waals surface area contributed by atoms with Crippen molar-refractivity contribution in [1.29, 1.82) is 0 Å². The van der Waals surface area contributed by atoms with Crippen molar-refractivity contribution < 1.29 is 4.79 Å². The van der Waals surface area contributed by atoms with Gasteiger partial charge in [0.15, 0.2) is 5.78 Å². The van der Waals surface area contributed by atoms with Crippen LogP contribution in [0.5, 0.6) is 0 Å². The number of carbonyl (C=O) groups is 1. The molecule has 0 saturated carbocycles. The molecule has 1 rings (SSSR count). The molecular formula is C10H14N2O. The van der Waals surface area contributed by atoms with Crippen molar-refractivity contribution in [2.75, 3.05) is 12.3 Å². The molecule has 0 unspecified atom stereocenters. The smallest absolute Gasteiger partial charge is 0.164 e. The van der Waals surface area contributed by atoms with E-state index in [4.69, 9.17) is 11.5 Å². The zero-order valence-corrected chi connectivity index (χ0v) is 7.49. The number of nitrogen functional groups attached to an aromatic ring is 1. The molecule has 4 N–H and O–H groups in total. The highest BCUT2D eigenvalue weighted by atomic mass is 16.1. The van der Waals surface area contributed by atoms with E-state index in [1.807, 2.05) is 12.1 Å². The molecule has 0 bridgehead atoms. The van der Waals surface area contributed by atoms with E-state index in [2.05, 4.69) is 0 Å². The van der Waals surface area contributed by atoms with E-state index in [0.29, 0.717) is 30.6 Å². The number of carbonyl (C=O) groups excluding carboxylic acids is 1. The molecular weight excluding hydrogens is 164 g/mol. The molecule has 0 aliphatic rings. The van der Waals surface area contributed by atoms with Gasteiger partial charge in [0.25, 0.3) is 0 Å². The molecule has 0 aliphatic carbocycles. The van der Waals surface area contributed by atoms with E-state index in [1.54, 1.807) is 12.1 Å². The summed E-state index contributed by atoms with van der Waals surface area (Å²) >= 11 is 0. The number of hydrogen-bond donors (Lipinski definition) is 2. The molecule has 0 atom stereocenters. The Morgan fingerprint density at radius 3 is 2.62 bits per heavy atom. The lowest BCUT2D eigenvalue weighted by Crippen LogP contribution is -2.06. The maximum atomic E-state index is 11.5. The maximum Gasteiger partial charge on any atom is 0.164 e. The highest BCUT2D eigenvalue weighted by molar-refractivity contribution is 6.00. The Morgan fingerprint density at radius 2 is 2.00 bits per heavy atom. The van der Waals surface area contributed by atoms with E-state index < -0.39 is 0 Å². The fourth-order valence-corrected chi connectivity index (χ4v) is 1.15. The van der Waals surface area contributed by atoms with Crippen molar-refractivity contribution in [2.24, 2.45) is 5.73 Å². The highest BCUT2D eigenvalue weighted by Crippen LogP contribution is 2.13. The molecule has 70 valence electrons. The third-order valence-corrected chi connectivity index (χ3v) is 1.87. The summed E-state index contributed by atoms with van der Waals surface area (Å²) in [5.74, 6) is 0.0727. The van der Waals surface area contributed by atoms with Crippen LogP contribution in [0.4, 0.5) is 5.69 Å². The minimum absolute atomic E-state index is 0.0727. The number of ketones is 1. The van der Waals surface area contributed by atoms with E-state index >= 15 is 0 Å². The molecule has 13 heavy (non-hydrogen) atoms. The molecule has 0 fully saturated rings. The quantitative estimate of drug-likeness (QED) is 0.537. The molecule has 0 aliphatic heterocycles. The third-order valence-electron chi connectivity index (χ3n) is 1.87. The van der Waals surface area contributed by atoms with Crippen LogP contribution in [0.25, 0.3) is 0 Å². The first-order valence-electron chi connectivity index (χ1n) is 4.33. The summed E-state index contributed by atoms with van der Waals surface area (Å²) in [6.45, 7) is 0.540. The largest absolute Gasteiger partial charge is 0.398 e. The predicted octanol–water partition coefficient (Wildman–Crippen LogP) is 1.19. The van der Waals surface area contributed by atoms with Crippen LogP contribution in [0.2, 0.25) is 0 Å². The number of Topliss-reactive ketones (excluding diaryl/α,β-unsaturated/α-hetero) is 1. The summed E-state index contributed by atoms with van der Waals surface area (Å²) in [6.07, 6.45) is 1.19. The first-order chi connectivity index (χ1) is 6.25. The topological polar surface area (TPSA) is 69.1 Å². The summed E-state index contributed by atoms with van der Waals surface area (Å²) < 4.78 is 0. The summed E-state index contributed by atoms with van der Waals surface area (Å²) in [5, 5.41) is 0. The van der Waals surface area contributed by atoms with Crippen LogP contribution >= 0.6 is 0 Å². The lowest BCUT2D eigenvalue weighted by molar-refractivity contribution is 0.0981. The predicted molar refractivity (Wildman–Crippen MR) is 53.5 cm³/mol. The third kappa shape index (κ3) is 2.56. The van der Waals surface area contributed by atoms with Gasteiger partial charge in [-0.1, -0.05) is 12.1 Å². The van der Waals surface area contributed by atoms with Gasteiger partial charge >= 0.3 is 0 Å². The zero-order valence-electron chi connectivity index (χ0n) is 7.49. The van der Waals surface area contributed by atoms with Gasteiger partial charge in [-0.2, -0.15) is 0 Å². The van der Waals surface area contributed by atoms with Crippen LogP contribution < -0.4 is 11.5 Å². The Balaban J connectivity index is 2.71. The van der Waals surface area contributed by atoms with E-state index in [-0.39, 0.29) is 5.78 Å². The lowest BCUT2D eigenvalue weighted by Gasteiger charge is -2.02. The average Bonchev–Trinajstić information content (AvgIpc) is 2.15. The van der Waals surface area contributed by atoms with Crippen molar-refractivity contribution in [2.45, 2.75) is 12.8 Å². The van der Waals surface area contributed by atoms with Gasteiger partial charge in [0.1, 0.15) is 0 Å². The minimum atomic E-state index is 0.0727. The van der Waals surface area contributed by atoms with Crippen LogP contribution in [-0.4, -0.2) is 12.3 Å². The summed E-state index contributed by atoms with van der Waals surface area (Å²) in [6, 6.07) is 7.10. The normalized spacial score (nSPS) is 9.92. The Morgan fingerprint density at radius 1 is 1.31 bits per heavy atom. The Kier molecular flexibility index (Phi) is 3.46. The number of benzene rings is 1. The molecule has 1 aromatic rings. The fraction of sp³-hybridized carbons (Fsp3) is 0.300. The zero-order chi connectivity index (χ0) is 9.68. The second-order valence-electron chi connectivity index (χ2n) is 2.90. The minimum Gasteiger partial charge on any atom is -0.398 e. The molecule has 0 amide bonds. The monoisotopic (exact) mass is 178 g/mol. The Bertz CT molecular complexity index is 297. The Hall–Kier alpha value is -1.35. The van der Waals surface area contributed by atoms with Crippen molar-refractivity contribution in [3.05, 3.63) is 29.8 Å². The number of anilines is 1. The van der Waals surface area contributed by atoms with Crippen molar-refractivity contribution in [3.8, 4) is 0 Å². The first kappa shape index (κ1) is 9.74. The van der Waals surface area contributed by atoms with Gasteiger partial charge in [-0.25, -0.2) is 0 Å². The summed E-state index contributed by atoms with van der Waals surface area (Å²) in [5.41, 5.74) is 12.1. The van der Waals surface area contributed by atoms with Gasteiger partial charge in [-0.3, -0.25) is 4.79 Å². The lowest BCUT2D eigenvalue weighted by atomic mass is 10.1.